The molecule has 176 valence electrons. The maximum atomic E-state index is 13.4. The number of hydrogen-bond donors (Lipinski definition) is 0. The van der Waals surface area contributed by atoms with Crippen LogP contribution in [0.25, 0.3) is 0 Å². The first kappa shape index (κ1) is 23.1. The molecule has 0 N–H and O–H groups in total. The molecule has 2 heterocycles. The van der Waals surface area contributed by atoms with Crippen molar-refractivity contribution in [3.8, 4) is 11.5 Å². The summed E-state index contributed by atoms with van der Waals surface area (Å²) in [7, 11) is 3.15. The molecule has 2 aromatic rings. The largest absolute Gasteiger partial charge is 0.497 e. The van der Waals surface area contributed by atoms with E-state index in [2.05, 4.69) is 36.9 Å². The minimum Gasteiger partial charge on any atom is -0.497 e. The predicted octanol–water partition coefficient (Wildman–Crippen LogP) is 4.54. The molecule has 0 spiro atoms. The van der Waals surface area contributed by atoms with E-state index in [1.165, 1.54) is 16.7 Å². The normalized spacial score (nSPS) is 19.0. The number of carbonyl (C=O) groups excluding carboxylic acids is 2. The van der Waals surface area contributed by atoms with Crippen LogP contribution in [-0.2, 0) is 4.79 Å². The summed E-state index contributed by atoms with van der Waals surface area (Å²) >= 11 is 0. The molecule has 2 aliphatic heterocycles. The van der Waals surface area contributed by atoms with Crippen LogP contribution in [0.15, 0.2) is 36.4 Å². The summed E-state index contributed by atoms with van der Waals surface area (Å²) in [5.74, 6) is 1.35. The number of rotatable bonds is 5. The fraction of sp³-hybridized carbons (Fsp3) is 0.481. The SMILES string of the molecule is COc1cc(OC)cc(C(=O)N2CCC(C(=O)N3CCCC3c3ccc(C)c(C)c3)CC2)c1. The van der Waals surface area contributed by atoms with Crippen molar-refractivity contribution in [3.63, 3.8) is 0 Å². The second-order valence-corrected chi connectivity index (χ2v) is 9.20. The molecule has 0 aromatic heterocycles. The Morgan fingerprint density at radius 2 is 1.52 bits per heavy atom. The van der Waals surface area contributed by atoms with Crippen LogP contribution in [0.1, 0.15) is 58.8 Å². The zero-order valence-corrected chi connectivity index (χ0v) is 20.1. The van der Waals surface area contributed by atoms with Gasteiger partial charge in [0.15, 0.2) is 0 Å². The molecular weight excluding hydrogens is 416 g/mol. The lowest BCUT2D eigenvalue weighted by molar-refractivity contribution is -0.137. The number of carbonyl (C=O) groups is 2. The van der Waals surface area contributed by atoms with Gasteiger partial charge in [-0.05, 0) is 68.4 Å². The second-order valence-electron chi connectivity index (χ2n) is 9.20. The Hall–Kier alpha value is -3.02. The lowest BCUT2D eigenvalue weighted by Gasteiger charge is -2.35. The highest BCUT2D eigenvalue weighted by Crippen LogP contribution is 2.35. The van der Waals surface area contributed by atoms with E-state index in [1.54, 1.807) is 32.4 Å². The number of amides is 2. The Labute approximate surface area is 196 Å². The van der Waals surface area contributed by atoms with Gasteiger partial charge < -0.3 is 19.3 Å². The van der Waals surface area contributed by atoms with Crippen molar-refractivity contribution in [2.75, 3.05) is 33.9 Å². The van der Waals surface area contributed by atoms with Gasteiger partial charge in [0.05, 0.1) is 20.3 Å². The van der Waals surface area contributed by atoms with Crippen LogP contribution in [0.3, 0.4) is 0 Å². The summed E-state index contributed by atoms with van der Waals surface area (Å²) in [5, 5.41) is 0. The third kappa shape index (κ3) is 4.85. The predicted molar refractivity (Wildman–Crippen MR) is 128 cm³/mol. The molecule has 0 saturated carbocycles. The average Bonchev–Trinajstić information content (AvgIpc) is 3.34. The third-order valence-corrected chi connectivity index (χ3v) is 7.18. The van der Waals surface area contributed by atoms with Crippen molar-refractivity contribution in [3.05, 3.63) is 58.7 Å². The molecule has 2 aromatic carbocycles. The first-order valence-corrected chi connectivity index (χ1v) is 11.8. The minimum absolute atomic E-state index is 0.0268. The van der Waals surface area contributed by atoms with Gasteiger partial charge in [0.2, 0.25) is 5.91 Å². The van der Waals surface area contributed by atoms with Crippen LogP contribution in [0.2, 0.25) is 0 Å². The Morgan fingerprint density at radius 1 is 0.848 bits per heavy atom. The van der Waals surface area contributed by atoms with E-state index in [4.69, 9.17) is 9.47 Å². The summed E-state index contributed by atoms with van der Waals surface area (Å²) in [6.07, 6.45) is 3.45. The topological polar surface area (TPSA) is 59.1 Å². The molecule has 0 aliphatic carbocycles. The molecule has 6 heteroatoms. The number of piperidine rings is 1. The number of aryl methyl sites for hydroxylation is 2. The Morgan fingerprint density at radius 3 is 2.12 bits per heavy atom. The smallest absolute Gasteiger partial charge is 0.254 e. The Balaban J connectivity index is 1.40. The summed E-state index contributed by atoms with van der Waals surface area (Å²) in [4.78, 5) is 30.4. The van der Waals surface area contributed by atoms with Gasteiger partial charge in [-0.25, -0.2) is 0 Å². The molecule has 2 amide bonds. The van der Waals surface area contributed by atoms with Gasteiger partial charge in [-0.2, -0.15) is 0 Å². The van der Waals surface area contributed by atoms with Gasteiger partial charge in [0, 0.05) is 37.2 Å². The molecule has 33 heavy (non-hydrogen) atoms. The molecule has 0 bridgehead atoms. The van der Waals surface area contributed by atoms with E-state index in [0.717, 1.165) is 19.4 Å². The number of likely N-dealkylation sites (tertiary alicyclic amines) is 2. The van der Waals surface area contributed by atoms with Crippen molar-refractivity contribution in [1.82, 2.24) is 9.80 Å². The van der Waals surface area contributed by atoms with Crippen LogP contribution in [-0.4, -0.2) is 55.5 Å². The third-order valence-electron chi connectivity index (χ3n) is 7.18. The van der Waals surface area contributed by atoms with Crippen LogP contribution in [0.4, 0.5) is 0 Å². The molecule has 2 aliphatic rings. The number of benzene rings is 2. The molecule has 6 nitrogen and oxygen atoms in total. The molecule has 2 fully saturated rings. The summed E-state index contributed by atoms with van der Waals surface area (Å²) in [6.45, 7) is 6.23. The van der Waals surface area contributed by atoms with Crippen molar-refractivity contribution in [1.29, 1.82) is 0 Å². The Bertz CT molecular complexity index is 1000. The molecule has 4 rings (SSSR count). The van der Waals surface area contributed by atoms with Crippen LogP contribution < -0.4 is 9.47 Å². The highest BCUT2D eigenvalue weighted by atomic mass is 16.5. The highest BCUT2D eigenvalue weighted by molar-refractivity contribution is 5.95. The minimum atomic E-state index is -0.0488. The Kier molecular flexibility index (Phi) is 6.91. The van der Waals surface area contributed by atoms with E-state index in [9.17, 15) is 9.59 Å². The van der Waals surface area contributed by atoms with E-state index in [0.29, 0.717) is 43.0 Å². The standard InChI is InChI=1S/C27H34N2O4/c1-18-7-8-21(14-19(18)2)25-6-5-11-29(25)27(31)20-9-12-28(13-10-20)26(30)22-15-23(32-3)17-24(16-22)33-4/h7-8,14-17,20,25H,5-6,9-13H2,1-4H3. The fourth-order valence-corrected chi connectivity index (χ4v) is 5.03. The molecule has 2 saturated heterocycles. The maximum Gasteiger partial charge on any atom is 0.254 e. The highest BCUT2D eigenvalue weighted by Gasteiger charge is 2.36. The lowest BCUT2D eigenvalue weighted by atomic mass is 9.93. The summed E-state index contributed by atoms with van der Waals surface area (Å²) in [5.41, 5.74) is 4.34. The van der Waals surface area contributed by atoms with Gasteiger partial charge in [0.1, 0.15) is 11.5 Å². The first-order valence-electron chi connectivity index (χ1n) is 11.8. The molecule has 1 unspecified atom stereocenters. The van der Waals surface area contributed by atoms with Gasteiger partial charge in [-0.15, -0.1) is 0 Å². The summed E-state index contributed by atoms with van der Waals surface area (Å²) < 4.78 is 10.6. The molecular formula is C27H34N2O4. The van der Waals surface area contributed by atoms with E-state index in [-0.39, 0.29) is 23.8 Å². The van der Waals surface area contributed by atoms with Crippen molar-refractivity contribution in [2.24, 2.45) is 5.92 Å². The van der Waals surface area contributed by atoms with Gasteiger partial charge in [-0.3, -0.25) is 9.59 Å². The van der Waals surface area contributed by atoms with Crippen LogP contribution in [0, 0.1) is 19.8 Å². The lowest BCUT2D eigenvalue weighted by Crippen LogP contribution is -2.44. The van der Waals surface area contributed by atoms with E-state index >= 15 is 0 Å². The maximum absolute atomic E-state index is 13.4. The first-order chi connectivity index (χ1) is 15.9. The van der Waals surface area contributed by atoms with E-state index < -0.39 is 0 Å². The second kappa shape index (κ2) is 9.86. The zero-order chi connectivity index (χ0) is 23.5. The molecule has 0 radical (unpaired) electrons. The average molecular weight is 451 g/mol. The van der Waals surface area contributed by atoms with Gasteiger partial charge in [0.25, 0.3) is 5.91 Å². The van der Waals surface area contributed by atoms with Crippen LogP contribution in [0.5, 0.6) is 11.5 Å². The van der Waals surface area contributed by atoms with Crippen LogP contribution >= 0.6 is 0 Å². The number of ether oxygens (including phenoxy) is 2. The van der Waals surface area contributed by atoms with E-state index in [1.807, 2.05) is 4.90 Å². The van der Waals surface area contributed by atoms with Crippen molar-refractivity contribution >= 4 is 11.8 Å². The van der Waals surface area contributed by atoms with Gasteiger partial charge >= 0.3 is 0 Å². The number of methoxy groups -OCH3 is 2. The molecule has 1 atom stereocenters. The van der Waals surface area contributed by atoms with Crippen molar-refractivity contribution in [2.45, 2.75) is 45.6 Å². The number of nitrogens with zero attached hydrogens (tertiary/aromatic N) is 2. The number of hydrogen-bond acceptors (Lipinski definition) is 4. The monoisotopic (exact) mass is 450 g/mol. The van der Waals surface area contributed by atoms with Crippen molar-refractivity contribution < 1.29 is 19.1 Å². The summed E-state index contributed by atoms with van der Waals surface area (Å²) in [6, 6.07) is 12.0. The van der Waals surface area contributed by atoms with Gasteiger partial charge in [-0.1, -0.05) is 18.2 Å². The fourth-order valence-electron chi connectivity index (χ4n) is 5.03. The quantitative estimate of drug-likeness (QED) is 0.671. The zero-order valence-electron chi connectivity index (χ0n) is 20.1.